The first kappa shape index (κ1) is 9.74. The molecule has 1 aromatic heterocycles. The number of pyridine rings is 1. The summed E-state index contributed by atoms with van der Waals surface area (Å²) in [4.78, 5) is 13.8. The van der Waals surface area contributed by atoms with E-state index < -0.39 is 0 Å². The molecule has 0 amide bonds. The molecule has 0 saturated heterocycles. The third kappa shape index (κ3) is 3.25. The van der Waals surface area contributed by atoms with Gasteiger partial charge in [-0.05, 0) is 32.1 Å². The van der Waals surface area contributed by atoms with Crippen LogP contribution in [0.15, 0.2) is 29.2 Å². The van der Waals surface area contributed by atoms with Crippen molar-refractivity contribution in [2.45, 2.75) is 6.42 Å². The van der Waals surface area contributed by atoms with Gasteiger partial charge in [-0.25, -0.2) is 0 Å². The summed E-state index contributed by atoms with van der Waals surface area (Å²) >= 11 is 0. The molecule has 0 spiro atoms. The Labute approximate surface area is 77.5 Å². The Bertz CT molecular complexity index is 328. The van der Waals surface area contributed by atoms with Gasteiger partial charge in [-0.2, -0.15) is 0 Å². The molecular formula is C10H14N2O. The molecule has 0 radical (unpaired) electrons. The van der Waals surface area contributed by atoms with Crippen LogP contribution in [0.2, 0.25) is 0 Å². The average Bonchev–Trinajstić information content (AvgIpc) is 2.15. The number of H-pyrrole nitrogens is 1. The smallest absolute Gasteiger partial charge is 0.255 e. The predicted octanol–water partition coefficient (Wildman–Crippen LogP) is 0.998. The summed E-state index contributed by atoms with van der Waals surface area (Å²) in [5.74, 6) is 0. The minimum absolute atomic E-state index is 0.0387. The molecule has 13 heavy (non-hydrogen) atoms. The topological polar surface area (TPSA) is 44.9 Å². The molecule has 3 nitrogen and oxygen atoms in total. The summed E-state index contributed by atoms with van der Waals surface area (Å²) < 4.78 is 0. The van der Waals surface area contributed by atoms with Gasteiger partial charge in [0.1, 0.15) is 0 Å². The molecule has 0 aliphatic rings. The van der Waals surface area contributed by atoms with Crippen molar-refractivity contribution in [3.8, 4) is 0 Å². The van der Waals surface area contributed by atoms with Gasteiger partial charge in [0.2, 0.25) is 0 Å². The van der Waals surface area contributed by atoms with E-state index in [2.05, 4.69) is 10.3 Å². The fourth-order valence-electron chi connectivity index (χ4n) is 1.00. The molecule has 0 unspecified atom stereocenters. The van der Waals surface area contributed by atoms with Crippen molar-refractivity contribution in [3.63, 3.8) is 0 Å². The van der Waals surface area contributed by atoms with E-state index in [1.807, 2.05) is 25.3 Å². The third-order valence-electron chi connectivity index (χ3n) is 1.71. The molecule has 0 fully saturated rings. The van der Waals surface area contributed by atoms with Crippen LogP contribution < -0.4 is 10.9 Å². The maximum atomic E-state index is 11.2. The fourth-order valence-corrected chi connectivity index (χ4v) is 1.00. The highest BCUT2D eigenvalue weighted by atomic mass is 16.1. The Kier molecular flexibility index (Phi) is 3.99. The van der Waals surface area contributed by atoms with Gasteiger partial charge < -0.3 is 10.3 Å². The first-order chi connectivity index (χ1) is 6.34. The van der Waals surface area contributed by atoms with Crippen LogP contribution >= 0.6 is 0 Å². The van der Waals surface area contributed by atoms with Gasteiger partial charge in [-0.3, -0.25) is 4.79 Å². The van der Waals surface area contributed by atoms with Crippen LogP contribution in [-0.2, 0) is 0 Å². The summed E-state index contributed by atoms with van der Waals surface area (Å²) in [7, 11) is 1.91. The normalized spacial score (nSPS) is 10.8. The standard InChI is InChI=1S/C10H14N2O/c1-11-7-3-2-5-9-6-4-8-12-10(9)13/h2,4-6,8,11H,3,7H2,1H3,(H,12,13). The number of aromatic amines is 1. The zero-order valence-corrected chi connectivity index (χ0v) is 7.71. The van der Waals surface area contributed by atoms with E-state index in [4.69, 9.17) is 0 Å². The Morgan fingerprint density at radius 1 is 1.62 bits per heavy atom. The van der Waals surface area contributed by atoms with E-state index in [-0.39, 0.29) is 5.56 Å². The lowest BCUT2D eigenvalue weighted by Crippen LogP contribution is -2.07. The summed E-state index contributed by atoms with van der Waals surface area (Å²) in [6.45, 7) is 0.932. The number of nitrogens with one attached hydrogen (secondary N) is 2. The van der Waals surface area contributed by atoms with Gasteiger partial charge in [0.05, 0.1) is 0 Å². The molecule has 2 N–H and O–H groups in total. The van der Waals surface area contributed by atoms with Crippen molar-refractivity contribution in [1.82, 2.24) is 10.3 Å². The lowest BCUT2D eigenvalue weighted by molar-refractivity contribution is 0.809. The van der Waals surface area contributed by atoms with E-state index in [9.17, 15) is 4.79 Å². The number of aromatic nitrogens is 1. The molecule has 0 aliphatic heterocycles. The van der Waals surface area contributed by atoms with Gasteiger partial charge in [0.15, 0.2) is 0 Å². The maximum Gasteiger partial charge on any atom is 0.255 e. The highest BCUT2D eigenvalue weighted by Crippen LogP contribution is 1.93. The third-order valence-corrected chi connectivity index (χ3v) is 1.71. The first-order valence-electron chi connectivity index (χ1n) is 4.33. The lowest BCUT2D eigenvalue weighted by atomic mass is 10.2. The van der Waals surface area contributed by atoms with Crippen LogP contribution in [0, 0.1) is 0 Å². The largest absolute Gasteiger partial charge is 0.329 e. The SMILES string of the molecule is CNCCC=Cc1ccc[nH]c1=O. The Morgan fingerprint density at radius 3 is 3.15 bits per heavy atom. The lowest BCUT2D eigenvalue weighted by Gasteiger charge is -1.92. The van der Waals surface area contributed by atoms with Crippen LogP contribution in [0.4, 0.5) is 0 Å². The van der Waals surface area contributed by atoms with Crippen molar-refractivity contribution in [2.75, 3.05) is 13.6 Å². The second-order valence-corrected chi connectivity index (χ2v) is 2.75. The fraction of sp³-hybridized carbons (Fsp3) is 0.300. The molecule has 70 valence electrons. The monoisotopic (exact) mass is 178 g/mol. The van der Waals surface area contributed by atoms with Crippen LogP contribution in [0.1, 0.15) is 12.0 Å². The highest BCUT2D eigenvalue weighted by Gasteiger charge is 1.89. The van der Waals surface area contributed by atoms with Crippen LogP contribution in [0.25, 0.3) is 6.08 Å². The highest BCUT2D eigenvalue weighted by molar-refractivity contribution is 5.47. The summed E-state index contributed by atoms with van der Waals surface area (Å²) in [5.41, 5.74) is 0.668. The average molecular weight is 178 g/mol. The molecule has 0 bridgehead atoms. The Balaban J connectivity index is 2.58. The van der Waals surface area contributed by atoms with E-state index in [0.717, 1.165) is 13.0 Å². The predicted molar refractivity (Wildman–Crippen MR) is 54.6 cm³/mol. The number of rotatable bonds is 4. The Morgan fingerprint density at radius 2 is 2.46 bits per heavy atom. The zero-order valence-electron chi connectivity index (χ0n) is 7.71. The van der Waals surface area contributed by atoms with E-state index >= 15 is 0 Å². The molecule has 1 rings (SSSR count). The molecule has 3 heteroatoms. The maximum absolute atomic E-state index is 11.2. The van der Waals surface area contributed by atoms with Gasteiger partial charge >= 0.3 is 0 Å². The van der Waals surface area contributed by atoms with Crippen molar-refractivity contribution in [3.05, 3.63) is 40.3 Å². The molecule has 0 aromatic carbocycles. The summed E-state index contributed by atoms with van der Waals surface area (Å²) in [6.07, 6.45) is 6.40. The van der Waals surface area contributed by atoms with Crippen LogP contribution in [0.3, 0.4) is 0 Å². The van der Waals surface area contributed by atoms with Crippen molar-refractivity contribution in [2.24, 2.45) is 0 Å². The van der Waals surface area contributed by atoms with Gasteiger partial charge in [0, 0.05) is 11.8 Å². The minimum atomic E-state index is -0.0387. The van der Waals surface area contributed by atoms with Gasteiger partial charge in [-0.1, -0.05) is 12.2 Å². The first-order valence-corrected chi connectivity index (χ1v) is 4.33. The molecule has 0 aliphatic carbocycles. The number of hydrogen-bond acceptors (Lipinski definition) is 2. The van der Waals surface area contributed by atoms with Crippen LogP contribution in [0.5, 0.6) is 0 Å². The van der Waals surface area contributed by atoms with Gasteiger partial charge in [-0.15, -0.1) is 0 Å². The summed E-state index contributed by atoms with van der Waals surface area (Å²) in [5, 5.41) is 3.03. The quantitative estimate of drug-likeness (QED) is 0.675. The van der Waals surface area contributed by atoms with E-state index in [0.29, 0.717) is 5.56 Å². The zero-order chi connectivity index (χ0) is 9.52. The molecule has 1 heterocycles. The minimum Gasteiger partial charge on any atom is -0.329 e. The van der Waals surface area contributed by atoms with Crippen molar-refractivity contribution in [1.29, 1.82) is 0 Å². The van der Waals surface area contributed by atoms with E-state index in [1.165, 1.54) is 0 Å². The second kappa shape index (κ2) is 5.32. The molecule has 0 atom stereocenters. The Hall–Kier alpha value is -1.35. The molecular weight excluding hydrogens is 164 g/mol. The van der Waals surface area contributed by atoms with Crippen LogP contribution in [-0.4, -0.2) is 18.6 Å². The van der Waals surface area contributed by atoms with Crippen molar-refractivity contribution >= 4 is 6.08 Å². The number of hydrogen-bond donors (Lipinski definition) is 2. The van der Waals surface area contributed by atoms with E-state index in [1.54, 1.807) is 12.3 Å². The second-order valence-electron chi connectivity index (χ2n) is 2.75. The molecule has 1 aromatic rings. The molecule has 0 saturated carbocycles. The summed E-state index contributed by atoms with van der Waals surface area (Å²) in [6, 6.07) is 3.62. The van der Waals surface area contributed by atoms with Gasteiger partial charge in [0.25, 0.3) is 5.56 Å². The van der Waals surface area contributed by atoms with Crippen molar-refractivity contribution < 1.29 is 0 Å².